The summed E-state index contributed by atoms with van der Waals surface area (Å²) < 4.78 is 48.7. The molecule has 1 amide bonds. The molecule has 2 atom stereocenters. The quantitative estimate of drug-likeness (QED) is 0.736. The number of ether oxygens (including phenoxy) is 2. The van der Waals surface area contributed by atoms with E-state index < -0.39 is 42.2 Å². The molecule has 0 aromatic heterocycles. The number of amides is 1. The Morgan fingerprint density at radius 1 is 1.19 bits per heavy atom. The van der Waals surface area contributed by atoms with Crippen LogP contribution in [0, 0.1) is 11.8 Å². The minimum absolute atomic E-state index is 0.00759. The average Bonchev–Trinajstić information content (AvgIpc) is 2.71. The van der Waals surface area contributed by atoms with Gasteiger partial charge in [-0.05, 0) is 27.7 Å². The van der Waals surface area contributed by atoms with Crippen LogP contribution in [0.15, 0.2) is 0 Å². The summed E-state index contributed by atoms with van der Waals surface area (Å²) >= 11 is 0. The van der Waals surface area contributed by atoms with E-state index in [0.717, 1.165) is 4.90 Å². The topological polar surface area (TPSA) is 55.8 Å². The zero-order chi connectivity index (χ0) is 16.4. The molecule has 1 aliphatic heterocycles. The SMILES string of the molecule is CCOC(=O)[C@H]1CN(C(=O)OC(C)(C)C)C[C@@H]1C(F)(F)F. The van der Waals surface area contributed by atoms with Crippen molar-refractivity contribution >= 4 is 12.1 Å². The normalized spacial score (nSPS) is 23.1. The van der Waals surface area contributed by atoms with Crippen LogP contribution < -0.4 is 0 Å². The van der Waals surface area contributed by atoms with Gasteiger partial charge in [-0.25, -0.2) is 4.79 Å². The molecule has 1 rings (SSSR count). The third-order valence-electron chi connectivity index (χ3n) is 2.98. The first-order valence-electron chi connectivity index (χ1n) is 6.67. The van der Waals surface area contributed by atoms with Gasteiger partial charge in [-0.15, -0.1) is 0 Å². The smallest absolute Gasteiger partial charge is 0.410 e. The van der Waals surface area contributed by atoms with Gasteiger partial charge in [0.05, 0.1) is 18.4 Å². The fraction of sp³-hybridized carbons (Fsp3) is 0.846. The van der Waals surface area contributed by atoms with Gasteiger partial charge in [0.1, 0.15) is 5.60 Å². The first kappa shape index (κ1) is 17.6. The second-order valence-electron chi connectivity index (χ2n) is 5.89. The van der Waals surface area contributed by atoms with Crippen molar-refractivity contribution in [3.63, 3.8) is 0 Å². The van der Waals surface area contributed by atoms with Crippen molar-refractivity contribution in [1.82, 2.24) is 4.90 Å². The maximum atomic E-state index is 13.0. The summed E-state index contributed by atoms with van der Waals surface area (Å²) in [6, 6.07) is 0. The lowest BCUT2D eigenvalue weighted by molar-refractivity contribution is -0.190. The molecule has 122 valence electrons. The lowest BCUT2D eigenvalue weighted by Crippen LogP contribution is -2.36. The van der Waals surface area contributed by atoms with Crippen LogP contribution in [0.3, 0.4) is 0 Å². The summed E-state index contributed by atoms with van der Waals surface area (Å²) in [5, 5.41) is 0. The fourth-order valence-electron chi connectivity index (χ4n) is 2.10. The average molecular weight is 311 g/mol. The first-order chi connectivity index (χ1) is 9.45. The highest BCUT2D eigenvalue weighted by Crippen LogP contribution is 2.38. The number of alkyl halides is 3. The molecule has 0 radical (unpaired) electrons. The highest BCUT2D eigenvalue weighted by molar-refractivity contribution is 5.76. The number of carbonyl (C=O) groups excluding carboxylic acids is 2. The van der Waals surface area contributed by atoms with Gasteiger partial charge >= 0.3 is 18.2 Å². The standard InChI is InChI=1S/C13H20F3NO4/c1-5-20-10(18)8-6-17(7-9(8)13(14,15)16)11(19)21-12(2,3)4/h8-9H,5-7H2,1-4H3/t8-,9-/m0/s1. The summed E-state index contributed by atoms with van der Waals surface area (Å²) in [5.74, 6) is -4.27. The van der Waals surface area contributed by atoms with Gasteiger partial charge in [0.15, 0.2) is 0 Å². The maximum absolute atomic E-state index is 13.0. The van der Waals surface area contributed by atoms with Crippen molar-refractivity contribution in [2.24, 2.45) is 11.8 Å². The molecule has 21 heavy (non-hydrogen) atoms. The van der Waals surface area contributed by atoms with Crippen LogP contribution in [-0.2, 0) is 14.3 Å². The van der Waals surface area contributed by atoms with E-state index in [2.05, 4.69) is 4.74 Å². The van der Waals surface area contributed by atoms with Crippen molar-refractivity contribution < 1.29 is 32.2 Å². The van der Waals surface area contributed by atoms with Gasteiger partial charge < -0.3 is 14.4 Å². The Hall–Kier alpha value is -1.47. The van der Waals surface area contributed by atoms with Crippen molar-refractivity contribution in [3.8, 4) is 0 Å². The molecule has 8 heteroatoms. The second kappa shape index (κ2) is 6.11. The molecule has 0 spiro atoms. The van der Waals surface area contributed by atoms with Crippen LogP contribution in [0.1, 0.15) is 27.7 Å². The lowest BCUT2D eigenvalue weighted by Gasteiger charge is -2.24. The van der Waals surface area contributed by atoms with Gasteiger partial charge in [0.25, 0.3) is 0 Å². The molecule has 0 N–H and O–H groups in total. The molecule has 1 fully saturated rings. The molecule has 0 unspecified atom stereocenters. The molecule has 0 aliphatic carbocycles. The number of hydrogen-bond donors (Lipinski definition) is 0. The van der Waals surface area contributed by atoms with Crippen LogP contribution in [0.25, 0.3) is 0 Å². The number of esters is 1. The first-order valence-corrected chi connectivity index (χ1v) is 6.67. The van der Waals surface area contributed by atoms with Crippen molar-refractivity contribution in [1.29, 1.82) is 0 Å². The van der Waals surface area contributed by atoms with Crippen molar-refractivity contribution in [3.05, 3.63) is 0 Å². The molecule has 0 aromatic carbocycles. The monoisotopic (exact) mass is 311 g/mol. The van der Waals surface area contributed by atoms with Gasteiger partial charge in [-0.1, -0.05) is 0 Å². The summed E-state index contributed by atoms with van der Waals surface area (Å²) in [5.41, 5.74) is -0.813. The van der Waals surface area contributed by atoms with E-state index in [4.69, 9.17) is 4.74 Å². The van der Waals surface area contributed by atoms with E-state index >= 15 is 0 Å². The van der Waals surface area contributed by atoms with Gasteiger partial charge in [-0.2, -0.15) is 13.2 Å². The van der Waals surface area contributed by atoms with E-state index in [1.807, 2.05) is 0 Å². The van der Waals surface area contributed by atoms with Gasteiger partial charge in [0.2, 0.25) is 0 Å². The number of rotatable bonds is 2. The number of hydrogen-bond acceptors (Lipinski definition) is 4. The molecule has 5 nitrogen and oxygen atoms in total. The Kier molecular flexibility index (Phi) is 5.11. The van der Waals surface area contributed by atoms with Crippen LogP contribution >= 0.6 is 0 Å². The molecule has 0 saturated carbocycles. The van der Waals surface area contributed by atoms with Crippen LogP contribution in [0.4, 0.5) is 18.0 Å². The minimum Gasteiger partial charge on any atom is -0.466 e. The summed E-state index contributed by atoms with van der Waals surface area (Å²) in [7, 11) is 0. The predicted molar refractivity (Wildman–Crippen MR) is 67.5 cm³/mol. The van der Waals surface area contributed by atoms with Crippen LogP contribution in [0.5, 0.6) is 0 Å². The number of nitrogens with zero attached hydrogens (tertiary/aromatic N) is 1. The predicted octanol–water partition coefficient (Wildman–Crippen LogP) is 2.59. The molecule has 0 aromatic rings. The van der Waals surface area contributed by atoms with E-state index in [1.165, 1.54) is 6.92 Å². The van der Waals surface area contributed by atoms with Crippen molar-refractivity contribution in [2.75, 3.05) is 19.7 Å². The zero-order valence-corrected chi connectivity index (χ0v) is 12.5. The zero-order valence-electron chi connectivity index (χ0n) is 12.5. The van der Waals surface area contributed by atoms with Crippen LogP contribution in [-0.4, -0.2) is 48.4 Å². The maximum Gasteiger partial charge on any atom is 0.410 e. The van der Waals surface area contributed by atoms with Crippen LogP contribution in [0.2, 0.25) is 0 Å². The Morgan fingerprint density at radius 3 is 2.19 bits per heavy atom. The number of carbonyl (C=O) groups is 2. The van der Waals surface area contributed by atoms with Crippen molar-refractivity contribution in [2.45, 2.75) is 39.5 Å². The van der Waals surface area contributed by atoms with E-state index in [-0.39, 0.29) is 13.2 Å². The Morgan fingerprint density at radius 2 is 1.76 bits per heavy atom. The number of halogens is 3. The molecule has 0 bridgehead atoms. The lowest BCUT2D eigenvalue weighted by atomic mass is 9.96. The Bertz CT molecular complexity index is 403. The largest absolute Gasteiger partial charge is 0.466 e. The minimum atomic E-state index is -4.58. The summed E-state index contributed by atoms with van der Waals surface area (Å²) in [4.78, 5) is 24.4. The van der Waals surface area contributed by atoms with Gasteiger partial charge in [-0.3, -0.25) is 4.79 Å². The molecule has 1 aliphatic rings. The highest BCUT2D eigenvalue weighted by Gasteiger charge is 2.54. The fourth-order valence-corrected chi connectivity index (χ4v) is 2.10. The molecule has 1 heterocycles. The second-order valence-corrected chi connectivity index (χ2v) is 5.89. The highest BCUT2D eigenvalue weighted by atomic mass is 19.4. The van der Waals surface area contributed by atoms with E-state index in [0.29, 0.717) is 0 Å². The molecule has 1 saturated heterocycles. The third-order valence-corrected chi connectivity index (χ3v) is 2.98. The molecular formula is C13H20F3NO4. The Balaban J connectivity index is 2.85. The van der Waals surface area contributed by atoms with E-state index in [1.54, 1.807) is 20.8 Å². The third kappa shape index (κ3) is 4.78. The Labute approximate surface area is 121 Å². The summed E-state index contributed by atoms with van der Waals surface area (Å²) in [6.45, 7) is 5.41. The summed E-state index contributed by atoms with van der Waals surface area (Å²) in [6.07, 6.45) is -5.43. The van der Waals surface area contributed by atoms with E-state index in [9.17, 15) is 22.8 Å². The molecular weight excluding hydrogens is 291 g/mol. The number of likely N-dealkylation sites (tertiary alicyclic amines) is 1. The van der Waals surface area contributed by atoms with Gasteiger partial charge in [0, 0.05) is 13.1 Å².